The third kappa shape index (κ3) is 5.68. The largest absolute Gasteiger partial charge is 0.488 e. The molecule has 1 N–H and O–H groups in total. The van der Waals surface area contributed by atoms with Crippen LogP contribution < -0.4 is 4.74 Å². The Balaban J connectivity index is 2.01. The molecule has 3 heteroatoms. The predicted molar refractivity (Wildman–Crippen MR) is 90.9 cm³/mol. The Morgan fingerprint density at radius 1 is 1.04 bits per heavy atom. The van der Waals surface area contributed by atoms with Gasteiger partial charge >= 0.3 is 0 Å². The number of ether oxygens (including phenoxy) is 1. The lowest BCUT2D eigenvalue weighted by molar-refractivity contribution is 0.156. The van der Waals surface area contributed by atoms with Crippen molar-refractivity contribution < 1.29 is 14.2 Å². The van der Waals surface area contributed by atoms with Crippen molar-refractivity contribution in [2.24, 2.45) is 0 Å². The Labute approximate surface area is 137 Å². The maximum atomic E-state index is 13.5. The van der Waals surface area contributed by atoms with Gasteiger partial charge in [0.25, 0.3) is 0 Å². The average molecular weight is 316 g/mol. The number of unbranched alkanes of at least 4 members (excludes halogenated alkanes) is 3. The molecule has 2 nitrogen and oxygen atoms in total. The van der Waals surface area contributed by atoms with Crippen LogP contribution in [-0.4, -0.2) is 5.11 Å². The maximum Gasteiger partial charge on any atom is 0.128 e. The molecule has 0 spiro atoms. The zero-order chi connectivity index (χ0) is 16.5. The van der Waals surface area contributed by atoms with Crippen LogP contribution in [0.2, 0.25) is 0 Å². The Morgan fingerprint density at radius 2 is 1.83 bits per heavy atom. The standard InChI is InChI=1S/C20H25FO2/c1-2-3-4-8-11-19(22)18-13-12-17(21)14-20(18)23-15-16-9-6-5-7-10-16/h5-7,9-10,12-14,19,22H,2-4,8,11,15H2,1H3/t19-/m0/s1. The first-order valence-electron chi connectivity index (χ1n) is 8.35. The Hall–Kier alpha value is -1.87. The van der Waals surface area contributed by atoms with Gasteiger partial charge in [-0.3, -0.25) is 0 Å². The number of halogens is 1. The molecule has 0 aliphatic heterocycles. The quantitative estimate of drug-likeness (QED) is 0.627. The van der Waals surface area contributed by atoms with Gasteiger partial charge in [-0.2, -0.15) is 0 Å². The summed E-state index contributed by atoms with van der Waals surface area (Å²) in [7, 11) is 0. The van der Waals surface area contributed by atoms with Crippen molar-refractivity contribution in [1.29, 1.82) is 0 Å². The second-order valence-corrected chi connectivity index (χ2v) is 5.82. The Kier molecular flexibility index (Phi) is 7.08. The fourth-order valence-electron chi connectivity index (χ4n) is 2.56. The Bertz CT molecular complexity index is 583. The third-order valence-electron chi connectivity index (χ3n) is 3.90. The van der Waals surface area contributed by atoms with E-state index in [4.69, 9.17) is 4.74 Å². The van der Waals surface area contributed by atoms with Crippen molar-refractivity contribution in [2.75, 3.05) is 0 Å². The highest BCUT2D eigenvalue weighted by Gasteiger charge is 2.14. The van der Waals surface area contributed by atoms with E-state index in [9.17, 15) is 9.50 Å². The molecule has 23 heavy (non-hydrogen) atoms. The lowest BCUT2D eigenvalue weighted by Crippen LogP contribution is -2.04. The molecule has 0 saturated carbocycles. The van der Waals surface area contributed by atoms with Crippen molar-refractivity contribution in [3.05, 3.63) is 65.5 Å². The lowest BCUT2D eigenvalue weighted by Gasteiger charge is -2.16. The van der Waals surface area contributed by atoms with Gasteiger partial charge in [-0.05, 0) is 24.1 Å². The highest BCUT2D eigenvalue weighted by atomic mass is 19.1. The van der Waals surface area contributed by atoms with Gasteiger partial charge in [0.1, 0.15) is 18.2 Å². The van der Waals surface area contributed by atoms with Gasteiger partial charge in [-0.1, -0.05) is 62.9 Å². The molecule has 0 fully saturated rings. The van der Waals surface area contributed by atoms with Gasteiger partial charge < -0.3 is 9.84 Å². The van der Waals surface area contributed by atoms with Crippen molar-refractivity contribution >= 4 is 0 Å². The molecule has 0 amide bonds. The van der Waals surface area contributed by atoms with Crippen LogP contribution in [0.5, 0.6) is 5.75 Å². The number of aliphatic hydroxyl groups excluding tert-OH is 1. The van der Waals surface area contributed by atoms with Crippen LogP contribution in [0.25, 0.3) is 0 Å². The van der Waals surface area contributed by atoms with Crippen LogP contribution in [0.4, 0.5) is 4.39 Å². The lowest BCUT2D eigenvalue weighted by atomic mass is 10.0. The van der Waals surface area contributed by atoms with E-state index in [0.717, 1.165) is 24.8 Å². The van der Waals surface area contributed by atoms with Crippen LogP contribution in [0.3, 0.4) is 0 Å². The first-order chi connectivity index (χ1) is 11.2. The number of aliphatic hydroxyl groups is 1. The summed E-state index contributed by atoms with van der Waals surface area (Å²) in [5.74, 6) is 0.0758. The molecule has 2 aromatic carbocycles. The summed E-state index contributed by atoms with van der Waals surface area (Å²) in [6.07, 6.45) is 4.47. The van der Waals surface area contributed by atoms with E-state index >= 15 is 0 Å². The molecule has 0 aliphatic rings. The number of benzene rings is 2. The van der Waals surface area contributed by atoms with Crippen molar-refractivity contribution in [3.8, 4) is 5.75 Å². The van der Waals surface area contributed by atoms with E-state index in [1.54, 1.807) is 6.07 Å². The van der Waals surface area contributed by atoms with Crippen LogP contribution in [0.15, 0.2) is 48.5 Å². The van der Waals surface area contributed by atoms with Crippen molar-refractivity contribution in [2.45, 2.75) is 51.7 Å². The van der Waals surface area contributed by atoms with Gasteiger partial charge in [-0.15, -0.1) is 0 Å². The normalized spacial score (nSPS) is 12.1. The first-order valence-corrected chi connectivity index (χ1v) is 8.35. The Morgan fingerprint density at radius 3 is 2.57 bits per heavy atom. The molecule has 2 rings (SSSR count). The summed E-state index contributed by atoms with van der Waals surface area (Å²) in [5.41, 5.74) is 1.68. The van der Waals surface area contributed by atoms with Crippen LogP contribution >= 0.6 is 0 Å². The molecule has 2 aromatic rings. The van der Waals surface area contributed by atoms with E-state index in [2.05, 4.69) is 6.92 Å². The average Bonchev–Trinajstić information content (AvgIpc) is 2.58. The molecule has 124 valence electrons. The fraction of sp³-hybridized carbons (Fsp3) is 0.400. The summed E-state index contributed by atoms with van der Waals surface area (Å²) in [4.78, 5) is 0. The third-order valence-corrected chi connectivity index (χ3v) is 3.90. The van der Waals surface area contributed by atoms with Crippen LogP contribution in [-0.2, 0) is 6.61 Å². The van der Waals surface area contributed by atoms with Crippen LogP contribution in [0, 0.1) is 5.82 Å². The minimum Gasteiger partial charge on any atom is -0.488 e. The SMILES string of the molecule is CCCCCC[C@H](O)c1ccc(F)cc1OCc1ccccc1. The second kappa shape index (κ2) is 9.31. The van der Waals surface area contributed by atoms with Gasteiger partial charge in [0, 0.05) is 11.6 Å². The maximum absolute atomic E-state index is 13.5. The van der Waals surface area contributed by atoms with Gasteiger partial charge in [0.2, 0.25) is 0 Å². The number of hydrogen-bond acceptors (Lipinski definition) is 2. The molecule has 0 aromatic heterocycles. The molecule has 0 radical (unpaired) electrons. The topological polar surface area (TPSA) is 29.5 Å². The minimum absolute atomic E-state index is 0.352. The second-order valence-electron chi connectivity index (χ2n) is 5.82. The molecular formula is C20H25FO2. The fourth-order valence-corrected chi connectivity index (χ4v) is 2.56. The number of rotatable bonds is 9. The molecule has 0 bridgehead atoms. The van der Waals surface area contributed by atoms with Gasteiger partial charge in [0.15, 0.2) is 0 Å². The molecule has 0 heterocycles. The van der Waals surface area contributed by atoms with Crippen molar-refractivity contribution in [3.63, 3.8) is 0 Å². The molecule has 0 aliphatic carbocycles. The smallest absolute Gasteiger partial charge is 0.128 e. The number of hydrogen-bond donors (Lipinski definition) is 1. The van der Waals surface area contributed by atoms with Crippen molar-refractivity contribution in [1.82, 2.24) is 0 Å². The van der Waals surface area contributed by atoms with E-state index in [1.165, 1.54) is 18.6 Å². The van der Waals surface area contributed by atoms with Gasteiger partial charge in [-0.25, -0.2) is 4.39 Å². The zero-order valence-electron chi connectivity index (χ0n) is 13.7. The highest BCUT2D eigenvalue weighted by Crippen LogP contribution is 2.30. The summed E-state index contributed by atoms with van der Waals surface area (Å²) in [6.45, 7) is 2.52. The van der Waals surface area contributed by atoms with Gasteiger partial charge in [0.05, 0.1) is 6.10 Å². The predicted octanol–water partition coefficient (Wildman–Crippen LogP) is 5.41. The molecule has 0 saturated heterocycles. The van der Waals surface area contributed by atoms with E-state index < -0.39 is 6.10 Å². The summed E-state index contributed by atoms with van der Waals surface area (Å²) >= 11 is 0. The molecule has 0 unspecified atom stereocenters. The summed E-state index contributed by atoms with van der Waals surface area (Å²) in [5, 5.41) is 10.4. The summed E-state index contributed by atoms with van der Waals surface area (Å²) < 4.78 is 19.3. The first kappa shape index (κ1) is 17.5. The zero-order valence-corrected chi connectivity index (χ0v) is 13.7. The molecular weight excluding hydrogens is 291 g/mol. The molecule has 1 atom stereocenters. The van der Waals surface area contributed by atoms with E-state index in [0.29, 0.717) is 24.3 Å². The minimum atomic E-state index is -0.613. The summed E-state index contributed by atoms with van der Waals surface area (Å²) in [6, 6.07) is 14.1. The van der Waals surface area contributed by atoms with E-state index in [1.807, 2.05) is 30.3 Å². The monoisotopic (exact) mass is 316 g/mol. The highest BCUT2D eigenvalue weighted by molar-refractivity contribution is 5.36. The van der Waals surface area contributed by atoms with Crippen LogP contribution in [0.1, 0.15) is 56.3 Å². The van der Waals surface area contributed by atoms with E-state index in [-0.39, 0.29) is 5.82 Å².